The Kier molecular flexibility index (Phi) is 6.51. The van der Waals surface area contributed by atoms with Gasteiger partial charge in [-0.05, 0) is 59.2 Å². The van der Waals surface area contributed by atoms with Gasteiger partial charge in [-0.15, -0.1) is 0 Å². The Morgan fingerprint density at radius 1 is 1.21 bits per heavy atom. The second-order valence-corrected chi connectivity index (χ2v) is 6.59. The smallest absolute Gasteiger partial charge is 0.320 e. The molecule has 134 valence electrons. The topological polar surface area (TPSA) is 38.8 Å². The number of nitrogens with zero attached hydrogens (tertiary/aromatic N) is 3. The van der Waals surface area contributed by atoms with Crippen LogP contribution in [0.1, 0.15) is 12.8 Å². The summed E-state index contributed by atoms with van der Waals surface area (Å²) in [6.07, 6.45) is 1.82. The molecule has 2 rings (SSSR count). The number of nitrogens with one attached hydrogen (secondary N) is 1. The fourth-order valence-corrected chi connectivity index (χ4v) is 2.83. The van der Waals surface area contributed by atoms with Crippen LogP contribution in [-0.4, -0.2) is 74.1 Å². The molecule has 1 aromatic rings. The van der Waals surface area contributed by atoms with E-state index >= 15 is 0 Å². The molecule has 1 aliphatic rings. The number of likely N-dealkylation sites (tertiary alicyclic amines) is 1. The van der Waals surface area contributed by atoms with Crippen LogP contribution >= 0.6 is 0 Å². The van der Waals surface area contributed by atoms with Crippen molar-refractivity contribution >= 4 is 11.7 Å². The van der Waals surface area contributed by atoms with Crippen LogP contribution in [0.25, 0.3) is 0 Å². The fourth-order valence-electron chi connectivity index (χ4n) is 2.83. The Morgan fingerprint density at radius 3 is 2.46 bits per heavy atom. The van der Waals surface area contributed by atoms with E-state index in [9.17, 15) is 13.6 Å². The molecule has 1 aliphatic heterocycles. The average molecular weight is 340 g/mol. The zero-order valence-electron chi connectivity index (χ0n) is 14.6. The van der Waals surface area contributed by atoms with Crippen molar-refractivity contribution < 1.29 is 13.6 Å². The first kappa shape index (κ1) is 18.6. The van der Waals surface area contributed by atoms with Gasteiger partial charge in [-0.1, -0.05) is 0 Å². The van der Waals surface area contributed by atoms with Crippen molar-refractivity contribution in [3.8, 4) is 0 Å². The zero-order chi connectivity index (χ0) is 17.7. The van der Waals surface area contributed by atoms with Crippen molar-refractivity contribution in [2.24, 2.45) is 0 Å². The second kappa shape index (κ2) is 8.39. The van der Waals surface area contributed by atoms with Gasteiger partial charge in [0.25, 0.3) is 0 Å². The lowest BCUT2D eigenvalue weighted by atomic mass is 10.0. The van der Waals surface area contributed by atoms with Gasteiger partial charge < -0.3 is 20.0 Å². The molecular formula is C17H26F2N4O. The molecule has 1 saturated heterocycles. The number of anilines is 1. The summed E-state index contributed by atoms with van der Waals surface area (Å²) in [5, 5.41) is 2.69. The second-order valence-electron chi connectivity index (χ2n) is 6.59. The predicted molar refractivity (Wildman–Crippen MR) is 91.2 cm³/mol. The van der Waals surface area contributed by atoms with Gasteiger partial charge in [0.1, 0.15) is 0 Å². The molecule has 1 fully saturated rings. The first-order valence-corrected chi connectivity index (χ1v) is 8.22. The lowest BCUT2D eigenvalue weighted by molar-refractivity contribution is 0.134. The van der Waals surface area contributed by atoms with Gasteiger partial charge in [0.15, 0.2) is 11.6 Å². The first-order chi connectivity index (χ1) is 11.4. The van der Waals surface area contributed by atoms with Gasteiger partial charge in [-0.3, -0.25) is 0 Å². The van der Waals surface area contributed by atoms with Crippen LogP contribution in [0.2, 0.25) is 0 Å². The van der Waals surface area contributed by atoms with E-state index < -0.39 is 11.6 Å². The van der Waals surface area contributed by atoms with Crippen molar-refractivity contribution in [2.75, 3.05) is 52.6 Å². The SMILES string of the molecule is CN(C)CCN(C(=O)Nc1ccc(F)c(F)c1)C1CCN(C)CC1. The third-order valence-corrected chi connectivity index (χ3v) is 4.35. The van der Waals surface area contributed by atoms with E-state index in [-0.39, 0.29) is 17.8 Å². The molecule has 0 unspecified atom stereocenters. The number of halogens is 2. The van der Waals surface area contributed by atoms with Crippen LogP contribution in [0.3, 0.4) is 0 Å². The Morgan fingerprint density at radius 2 is 1.88 bits per heavy atom. The molecule has 0 bridgehead atoms. The maximum atomic E-state index is 13.3. The highest BCUT2D eigenvalue weighted by Crippen LogP contribution is 2.18. The number of hydrogen-bond acceptors (Lipinski definition) is 3. The fraction of sp³-hybridized carbons (Fsp3) is 0.588. The number of amides is 2. The minimum atomic E-state index is -0.966. The molecule has 0 saturated carbocycles. The van der Waals surface area contributed by atoms with Gasteiger partial charge in [0, 0.05) is 30.9 Å². The molecule has 1 aromatic carbocycles. The van der Waals surface area contributed by atoms with Gasteiger partial charge in [0.05, 0.1) is 0 Å². The summed E-state index contributed by atoms with van der Waals surface area (Å²) < 4.78 is 26.4. The molecule has 0 spiro atoms. The van der Waals surface area contributed by atoms with Gasteiger partial charge in [-0.2, -0.15) is 0 Å². The Labute approximate surface area is 142 Å². The van der Waals surface area contributed by atoms with E-state index in [1.807, 2.05) is 23.9 Å². The number of rotatable bonds is 5. The van der Waals surface area contributed by atoms with Crippen LogP contribution in [0.5, 0.6) is 0 Å². The number of urea groups is 1. The minimum Gasteiger partial charge on any atom is -0.320 e. The molecular weight excluding hydrogens is 314 g/mol. The third kappa shape index (κ3) is 5.14. The Hall–Kier alpha value is -1.73. The standard InChI is InChI=1S/C17H26F2N4O/c1-21(2)10-11-23(14-6-8-22(3)9-7-14)17(24)20-13-4-5-15(18)16(19)12-13/h4-5,12,14H,6-11H2,1-3H3,(H,20,24). The summed E-state index contributed by atoms with van der Waals surface area (Å²) >= 11 is 0. The van der Waals surface area contributed by atoms with Crippen LogP contribution in [-0.2, 0) is 0 Å². The van der Waals surface area contributed by atoms with Crippen molar-refractivity contribution in [1.82, 2.24) is 14.7 Å². The lowest BCUT2D eigenvalue weighted by Crippen LogP contribution is -2.50. The number of carbonyl (C=O) groups is 1. The molecule has 1 heterocycles. The van der Waals surface area contributed by atoms with Crippen molar-refractivity contribution in [3.63, 3.8) is 0 Å². The van der Waals surface area contributed by atoms with E-state index in [0.717, 1.165) is 44.6 Å². The normalized spacial score (nSPS) is 16.4. The molecule has 0 aromatic heterocycles. The number of likely N-dealkylation sites (N-methyl/N-ethyl adjacent to an activating group) is 1. The highest BCUT2D eigenvalue weighted by molar-refractivity contribution is 5.89. The molecule has 7 heteroatoms. The molecule has 0 radical (unpaired) electrons. The number of piperidine rings is 1. The number of hydrogen-bond donors (Lipinski definition) is 1. The van der Waals surface area contributed by atoms with Gasteiger partial charge >= 0.3 is 6.03 Å². The summed E-state index contributed by atoms with van der Waals surface area (Å²) in [4.78, 5) is 18.7. The molecule has 5 nitrogen and oxygen atoms in total. The highest BCUT2D eigenvalue weighted by Gasteiger charge is 2.27. The Balaban J connectivity index is 2.06. The summed E-state index contributed by atoms with van der Waals surface area (Å²) in [6.45, 7) is 3.23. The van der Waals surface area contributed by atoms with Crippen LogP contribution < -0.4 is 5.32 Å². The van der Waals surface area contributed by atoms with E-state index in [2.05, 4.69) is 17.3 Å². The van der Waals surface area contributed by atoms with Crippen molar-refractivity contribution in [2.45, 2.75) is 18.9 Å². The molecule has 1 N–H and O–H groups in total. The number of benzene rings is 1. The molecule has 0 atom stereocenters. The number of carbonyl (C=O) groups excluding carboxylic acids is 1. The first-order valence-electron chi connectivity index (χ1n) is 8.22. The van der Waals surface area contributed by atoms with E-state index in [1.54, 1.807) is 0 Å². The largest absolute Gasteiger partial charge is 0.322 e. The Bertz CT molecular complexity index is 560. The highest BCUT2D eigenvalue weighted by atomic mass is 19.2. The molecule has 24 heavy (non-hydrogen) atoms. The zero-order valence-corrected chi connectivity index (χ0v) is 14.6. The van der Waals surface area contributed by atoms with E-state index in [0.29, 0.717) is 6.54 Å². The van der Waals surface area contributed by atoms with Gasteiger partial charge in [-0.25, -0.2) is 13.6 Å². The minimum absolute atomic E-state index is 0.159. The third-order valence-electron chi connectivity index (χ3n) is 4.35. The van der Waals surface area contributed by atoms with Crippen LogP contribution in [0, 0.1) is 11.6 Å². The summed E-state index contributed by atoms with van der Waals surface area (Å²) in [6, 6.07) is 3.29. The summed E-state index contributed by atoms with van der Waals surface area (Å²) in [5.41, 5.74) is 0.265. The van der Waals surface area contributed by atoms with Crippen LogP contribution in [0.15, 0.2) is 18.2 Å². The average Bonchev–Trinajstić information content (AvgIpc) is 2.52. The van der Waals surface area contributed by atoms with Crippen molar-refractivity contribution in [1.29, 1.82) is 0 Å². The maximum Gasteiger partial charge on any atom is 0.322 e. The quantitative estimate of drug-likeness (QED) is 0.895. The summed E-state index contributed by atoms with van der Waals surface area (Å²) in [5.74, 6) is -1.89. The van der Waals surface area contributed by atoms with Crippen molar-refractivity contribution in [3.05, 3.63) is 29.8 Å². The monoisotopic (exact) mass is 340 g/mol. The summed E-state index contributed by atoms with van der Waals surface area (Å²) in [7, 11) is 5.99. The van der Waals surface area contributed by atoms with Crippen LogP contribution in [0.4, 0.5) is 19.3 Å². The molecule has 2 amide bonds. The predicted octanol–water partition coefficient (Wildman–Crippen LogP) is 2.45. The van der Waals surface area contributed by atoms with Gasteiger partial charge in [0.2, 0.25) is 0 Å². The molecule has 0 aliphatic carbocycles. The van der Waals surface area contributed by atoms with E-state index in [4.69, 9.17) is 0 Å². The maximum absolute atomic E-state index is 13.3. The van der Waals surface area contributed by atoms with E-state index in [1.165, 1.54) is 6.07 Å². The lowest BCUT2D eigenvalue weighted by Gasteiger charge is -2.37.